The summed E-state index contributed by atoms with van der Waals surface area (Å²) in [7, 11) is 0. The molecular weight excluding hydrogens is 298 g/mol. The highest BCUT2D eigenvalue weighted by atomic mass is 32.2. The zero-order chi connectivity index (χ0) is 16.1. The summed E-state index contributed by atoms with van der Waals surface area (Å²) in [6.07, 6.45) is 1.79. The zero-order valence-corrected chi connectivity index (χ0v) is 13.7. The molecule has 0 fully saturated rings. The van der Waals surface area contributed by atoms with Crippen molar-refractivity contribution >= 4 is 40.5 Å². The van der Waals surface area contributed by atoms with Crippen molar-refractivity contribution in [2.45, 2.75) is 20.8 Å². The number of amidine groups is 1. The fraction of sp³-hybridized carbons (Fsp3) is 0.312. The monoisotopic (exact) mass is 317 g/mol. The first kappa shape index (κ1) is 16.3. The van der Waals surface area contributed by atoms with Crippen LogP contribution < -0.4 is 10.2 Å². The van der Waals surface area contributed by atoms with Gasteiger partial charge in [0.2, 0.25) is 5.91 Å². The van der Waals surface area contributed by atoms with E-state index in [0.29, 0.717) is 10.1 Å². The highest BCUT2D eigenvalue weighted by molar-refractivity contribution is 8.18. The van der Waals surface area contributed by atoms with Crippen molar-refractivity contribution in [3.05, 3.63) is 34.7 Å². The van der Waals surface area contributed by atoms with Gasteiger partial charge in [0.1, 0.15) is 0 Å². The van der Waals surface area contributed by atoms with E-state index in [0.717, 1.165) is 24.3 Å². The fourth-order valence-electron chi connectivity index (χ4n) is 2.13. The summed E-state index contributed by atoms with van der Waals surface area (Å²) in [6, 6.07) is 8.04. The second-order valence-electron chi connectivity index (χ2n) is 4.78. The van der Waals surface area contributed by atoms with Crippen LogP contribution in [0.15, 0.2) is 34.2 Å². The van der Waals surface area contributed by atoms with Crippen molar-refractivity contribution in [3.63, 3.8) is 0 Å². The molecule has 116 valence electrons. The van der Waals surface area contributed by atoms with Gasteiger partial charge in [-0.25, -0.2) is 0 Å². The first-order chi connectivity index (χ1) is 10.5. The van der Waals surface area contributed by atoms with Gasteiger partial charge in [-0.3, -0.25) is 9.59 Å². The van der Waals surface area contributed by atoms with E-state index in [4.69, 9.17) is 0 Å². The maximum atomic E-state index is 11.8. The summed E-state index contributed by atoms with van der Waals surface area (Å²) in [5.74, 6) is -0.551. The van der Waals surface area contributed by atoms with E-state index in [9.17, 15) is 9.59 Å². The summed E-state index contributed by atoms with van der Waals surface area (Å²) in [4.78, 5) is 29.4. The molecule has 1 N–H and O–H groups in total. The van der Waals surface area contributed by atoms with Crippen LogP contribution in [0.3, 0.4) is 0 Å². The average Bonchev–Trinajstić information content (AvgIpc) is 2.81. The van der Waals surface area contributed by atoms with Crippen molar-refractivity contribution in [1.82, 2.24) is 5.32 Å². The Morgan fingerprint density at radius 1 is 1.27 bits per heavy atom. The van der Waals surface area contributed by atoms with Crippen LogP contribution >= 0.6 is 11.8 Å². The number of nitrogens with zero attached hydrogens (tertiary/aromatic N) is 2. The number of aliphatic imine (C=N–C) groups is 1. The van der Waals surface area contributed by atoms with E-state index < -0.39 is 0 Å². The largest absolute Gasteiger partial charge is 0.372 e. The van der Waals surface area contributed by atoms with Gasteiger partial charge in [-0.1, -0.05) is 12.1 Å². The van der Waals surface area contributed by atoms with Gasteiger partial charge < -0.3 is 10.2 Å². The third kappa shape index (κ3) is 3.98. The highest BCUT2D eigenvalue weighted by Gasteiger charge is 2.22. The number of rotatable bonds is 4. The van der Waals surface area contributed by atoms with Crippen LogP contribution in [0.5, 0.6) is 0 Å². The van der Waals surface area contributed by atoms with Crippen LogP contribution in [0, 0.1) is 0 Å². The Balaban J connectivity index is 2.11. The summed E-state index contributed by atoms with van der Waals surface area (Å²) < 4.78 is 0. The second kappa shape index (κ2) is 7.26. The molecule has 0 aromatic heterocycles. The molecule has 22 heavy (non-hydrogen) atoms. The Hall–Kier alpha value is -2.08. The zero-order valence-electron chi connectivity index (χ0n) is 12.9. The molecule has 0 saturated heterocycles. The maximum Gasteiger partial charge on any atom is 0.286 e. The van der Waals surface area contributed by atoms with Crippen molar-refractivity contribution < 1.29 is 9.59 Å². The average molecular weight is 317 g/mol. The molecular formula is C16H19N3O2S. The molecule has 0 spiro atoms. The molecule has 1 heterocycles. The van der Waals surface area contributed by atoms with Crippen LogP contribution in [0.1, 0.15) is 26.3 Å². The van der Waals surface area contributed by atoms with Crippen molar-refractivity contribution in [2.75, 3.05) is 18.0 Å². The SMILES string of the molecule is CCN(CC)c1ccc(C=C2SC(NC(C)=O)=NC2=O)cc1. The molecule has 0 bridgehead atoms. The minimum absolute atomic E-state index is 0.233. The predicted molar refractivity (Wildman–Crippen MR) is 91.8 cm³/mol. The Kier molecular flexibility index (Phi) is 5.38. The van der Waals surface area contributed by atoms with E-state index in [1.807, 2.05) is 24.3 Å². The Morgan fingerprint density at radius 3 is 2.45 bits per heavy atom. The number of nitrogens with one attached hydrogen (secondary N) is 1. The quantitative estimate of drug-likeness (QED) is 0.867. The van der Waals surface area contributed by atoms with Gasteiger partial charge in [0.15, 0.2) is 5.17 Å². The molecule has 2 amide bonds. The summed E-state index contributed by atoms with van der Waals surface area (Å²) in [5.41, 5.74) is 2.10. The minimum Gasteiger partial charge on any atom is -0.372 e. The third-order valence-electron chi connectivity index (χ3n) is 3.22. The molecule has 1 aliphatic rings. The Bertz CT molecular complexity index is 631. The van der Waals surface area contributed by atoms with Crippen LogP contribution in [-0.2, 0) is 9.59 Å². The topological polar surface area (TPSA) is 61.8 Å². The lowest BCUT2D eigenvalue weighted by Gasteiger charge is -2.20. The molecule has 0 aliphatic carbocycles. The third-order valence-corrected chi connectivity index (χ3v) is 4.12. The molecule has 1 aromatic rings. The number of carbonyl (C=O) groups is 2. The Morgan fingerprint density at radius 2 is 1.91 bits per heavy atom. The molecule has 0 unspecified atom stereocenters. The van der Waals surface area contributed by atoms with Gasteiger partial charge in [0.05, 0.1) is 4.91 Å². The van der Waals surface area contributed by atoms with Crippen LogP contribution in [0.4, 0.5) is 5.69 Å². The highest BCUT2D eigenvalue weighted by Crippen LogP contribution is 2.28. The number of hydrogen-bond acceptors (Lipinski definition) is 4. The maximum absolute atomic E-state index is 11.8. The van der Waals surface area contributed by atoms with Crippen molar-refractivity contribution in [3.8, 4) is 0 Å². The molecule has 1 aromatic carbocycles. The van der Waals surface area contributed by atoms with Crippen LogP contribution in [0.2, 0.25) is 0 Å². The van der Waals surface area contributed by atoms with Crippen molar-refractivity contribution in [1.29, 1.82) is 0 Å². The van der Waals surface area contributed by atoms with Gasteiger partial charge in [-0.2, -0.15) is 4.99 Å². The normalized spacial score (nSPS) is 15.9. The lowest BCUT2D eigenvalue weighted by molar-refractivity contribution is -0.117. The summed E-state index contributed by atoms with van der Waals surface area (Å²) in [6.45, 7) is 7.54. The lowest BCUT2D eigenvalue weighted by atomic mass is 10.2. The number of thioether (sulfide) groups is 1. The van der Waals surface area contributed by atoms with Gasteiger partial charge in [-0.15, -0.1) is 0 Å². The van der Waals surface area contributed by atoms with Crippen LogP contribution in [0.25, 0.3) is 6.08 Å². The van der Waals surface area contributed by atoms with E-state index in [-0.39, 0.29) is 11.8 Å². The van der Waals surface area contributed by atoms with Gasteiger partial charge in [0.25, 0.3) is 5.91 Å². The number of carbonyl (C=O) groups excluding carboxylic acids is 2. The van der Waals surface area contributed by atoms with E-state index in [1.165, 1.54) is 18.7 Å². The molecule has 6 heteroatoms. The molecule has 0 radical (unpaired) electrons. The Labute approximate surface area is 134 Å². The van der Waals surface area contributed by atoms with E-state index in [2.05, 4.69) is 29.1 Å². The van der Waals surface area contributed by atoms with Gasteiger partial charge >= 0.3 is 0 Å². The first-order valence-electron chi connectivity index (χ1n) is 7.18. The smallest absolute Gasteiger partial charge is 0.286 e. The standard InChI is InChI=1S/C16H19N3O2S/c1-4-19(5-2)13-8-6-12(7-9-13)10-14-15(21)18-16(22-14)17-11(3)20/h6-10H,4-5H2,1-3H3,(H,17,18,20,21). The number of anilines is 1. The number of hydrogen-bond donors (Lipinski definition) is 1. The second-order valence-corrected chi connectivity index (χ2v) is 5.81. The fourth-order valence-corrected chi connectivity index (χ4v) is 2.99. The molecule has 0 saturated carbocycles. The van der Waals surface area contributed by atoms with Crippen molar-refractivity contribution in [2.24, 2.45) is 4.99 Å². The minimum atomic E-state index is -0.318. The summed E-state index contributed by atoms with van der Waals surface area (Å²) >= 11 is 1.18. The number of benzene rings is 1. The van der Waals surface area contributed by atoms with E-state index in [1.54, 1.807) is 6.08 Å². The van der Waals surface area contributed by atoms with Gasteiger partial charge in [-0.05, 0) is 49.4 Å². The molecule has 0 atom stereocenters. The molecule has 2 rings (SSSR count). The van der Waals surface area contributed by atoms with Gasteiger partial charge in [0, 0.05) is 25.7 Å². The molecule has 5 nitrogen and oxygen atoms in total. The predicted octanol–water partition coefficient (Wildman–Crippen LogP) is 2.64. The molecule has 1 aliphatic heterocycles. The first-order valence-corrected chi connectivity index (χ1v) is 8.00. The van der Waals surface area contributed by atoms with E-state index >= 15 is 0 Å². The lowest BCUT2D eigenvalue weighted by Crippen LogP contribution is -2.23. The number of amides is 2. The summed E-state index contributed by atoms with van der Waals surface area (Å²) in [5, 5.41) is 2.87. The van der Waals surface area contributed by atoms with Crippen LogP contribution in [-0.4, -0.2) is 30.1 Å².